The number of Topliss-reactive ketones (excluding diaryl/α,β-unsaturated/α-hetero) is 1. The minimum atomic E-state index is -1.09. The summed E-state index contributed by atoms with van der Waals surface area (Å²) >= 11 is 0. The second-order valence-electron chi connectivity index (χ2n) is 8.12. The van der Waals surface area contributed by atoms with Crippen molar-refractivity contribution in [2.24, 2.45) is 11.5 Å². The zero-order valence-corrected chi connectivity index (χ0v) is 17.4. The average molecular weight is 443 g/mol. The number of carbonyl (C=O) groups is 3. The zero-order chi connectivity index (χ0) is 23.2. The summed E-state index contributed by atoms with van der Waals surface area (Å²) in [4.78, 5) is 38.8. The number of carbonyl (C=O) groups excluding carboxylic acids is 3. The zero-order valence-electron chi connectivity index (χ0n) is 17.4. The monoisotopic (exact) mass is 443 g/mol. The number of nitrogens with zero attached hydrogens (tertiary/aromatic N) is 1. The van der Waals surface area contributed by atoms with E-state index in [1.165, 1.54) is 12.3 Å². The van der Waals surface area contributed by atoms with Crippen molar-refractivity contribution in [3.8, 4) is 0 Å². The molecule has 8 nitrogen and oxygen atoms in total. The van der Waals surface area contributed by atoms with E-state index in [0.717, 1.165) is 12.1 Å². The van der Waals surface area contributed by atoms with Crippen molar-refractivity contribution in [2.45, 2.75) is 44.7 Å². The Morgan fingerprint density at radius 1 is 1.19 bits per heavy atom. The highest BCUT2D eigenvalue weighted by Gasteiger charge is 2.48. The number of nitrogens with one attached hydrogen (secondary N) is 2. The topological polar surface area (TPSA) is 132 Å². The lowest BCUT2D eigenvalue weighted by molar-refractivity contribution is -0.117. The van der Waals surface area contributed by atoms with E-state index in [0.29, 0.717) is 49.2 Å². The highest BCUT2D eigenvalue weighted by molar-refractivity contribution is 6.44. The third kappa shape index (κ3) is 3.51. The van der Waals surface area contributed by atoms with Gasteiger partial charge in [-0.3, -0.25) is 14.4 Å². The van der Waals surface area contributed by atoms with Gasteiger partial charge in [0.2, 0.25) is 0 Å². The molecule has 2 aliphatic rings. The van der Waals surface area contributed by atoms with Crippen molar-refractivity contribution in [3.63, 3.8) is 0 Å². The lowest BCUT2D eigenvalue weighted by Gasteiger charge is -2.17. The minimum Gasteiger partial charge on any atom is -0.403 e. The van der Waals surface area contributed by atoms with Crippen molar-refractivity contribution in [3.05, 3.63) is 64.2 Å². The Morgan fingerprint density at radius 3 is 2.53 bits per heavy atom. The molecule has 0 spiro atoms. The summed E-state index contributed by atoms with van der Waals surface area (Å²) in [5.74, 6) is -4.27. The van der Waals surface area contributed by atoms with Gasteiger partial charge in [0, 0.05) is 35.9 Å². The van der Waals surface area contributed by atoms with Crippen LogP contribution in [-0.2, 0) is 17.8 Å². The molecule has 2 amide bonds. The molecule has 0 unspecified atom stereocenters. The van der Waals surface area contributed by atoms with Crippen LogP contribution < -0.4 is 22.1 Å². The van der Waals surface area contributed by atoms with Crippen LogP contribution in [0.4, 0.5) is 14.5 Å². The van der Waals surface area contributed by atoms with Gasteiger partial charge in [0.05, 0.1) is 11.1 Å². The van der Waals surface area contributed by atoms with E-state index in [4.69, 9.17) is 11.5 Å². The number of amides is 2. The highest BCUT2D eigenvalue weighted by Crippen LogP contribution is 2.40. The van der Waals surface area contributed by atoms with E-state index >= 15 is 0 Å². The predicted octanol–water partition coefficient (Wildman–Crippen LogP) is 1.86. The number of benzene rings is 1. The molecule has 6 N–H and O–H groups in total. The van der Waals surface area contributed by atoms with Gasteiger partial charge < -0.3 is 26.7 Å². The molecule has 1 fully saturated rings. The molecule has 1 aromatic carbocycles. The SMILES string of the molecule is Cc1c(C(=O)C(=O)NC2(/C(N)=C/N)CC2)c2n(c1C(=O)Nc1ccc(F)c(F)c1)CCC2. The van der Waals surface area contributed by atoms with Crippen molar-refractivity contribution in [1.29, 1.82) is 0 Å². The average Bonchev–Trinajstić information content (AvgIpc) is 3.29. The van der Waals surface area contributed by atoms with Gasteiger partial charge in [-0.25, -0.2) is 8.78 Å². The van der Waals surface area contributed by atoms with Crippen LogP contribution in [0.2, 0.25) is 0 Å². The molecule has 10 heteroatoms. The molecule has 1 saturated carbocycles. The number of anilines is 1. The number of hydrogen-bond acceptors (Lipinski definition) is 5. The van der Waals surface area contributed by atoms with Crippen LogP contribution in [0, 0.1) is 18.6 Å². The normalized spacial score (nSPS) is 16.4. The van der Waals surface area contributed by atoms with Gasteiger partial charge in [0.1, 0.15) is 5.69 Å². The molecular formula is C22H23F2N5O3. The molecule has 1 aromatic heterocycles. The van der Waals surface area contributed by atoms with Crippen LogP contribution in [0.1, 0.15) is 51.4 Å². The number of hydrogen-bond donors (Lipinski definition) is 4. The summed E-state index contributed by atoms with van der Waals surface area (Å²) in [6.07, 6.45) is 3.61. The van der Waals surface area contributed by atoms with Crippen molar-refractivity contribution < 1.29 is 23.2 Å². The molecule has 0 radical (unpaired) electrons. The van der Waals surface area contributed by atoms with Gasteiger partial charge in [-0.15, -0.1) is 0 Å². The fraction of sp³-hybridized carbons (Fsp3) is 0.318. The molecule has 0 saturated heterocycles. The number of halogens is 2. The van der Waals surface area contributed by atoms with Gasteiger partial charge in [-0.1, -0.05) is 0 Å². The Kier molecular flexibility index (Phi) is 5.23. The standard InChI is InChI=1S/C22H23F2N5O3/c1-11-17(19(30)21(32)28-22(6-7-22)16(26)10-25)15-3-2-8-29(15)18(11)20(31)27-12-4-5-13(23)14(24)9-12/h4-5,9-10H,2-3,6-8,25-26H2,1H3,(H,27,31)(H,28,32)/b16-10-. The maximum atomic E-state index is 13.5. The van der Waals surface area contributed by atoms with Crippen LogP contribution in [0.3, 0.4) is 0 Å². The van der Waals surface area contributed by atoms with Crippen LogP contribution >= 0.6 is 0 Å². The minimum absolute atomic E-state index is 0.0761. The second kappa shape index (κ2) is 7.77. The molecule has 1 aliphatic carbocycles. The summed E-state index contributed by atoms with van der Waals surface area (Å²) in [5.41, 5.74) is 12.2. The lowest BCUT2D eigenvalue weighted by atomic mass is 10.0. The van der Waals surface area contributed by atoms with Crippen molar-refractivity contribution in [1.82, 2.24) is 9.88 Å². The third-order valence-electron chi connectivity index (χ3n) is 6.07. The molecule has 4 rings (SSSR count). The molecule has 0 atom stereocenters. The van der Waals surface area contributed by atoms with E-state index in [1.54, 1.807) is 11.5 Å². The fourth-order valence-corrected chi connectivity index (χ4v) is 4.23. The molecule has 0 bridgehead atoms. The Bertz CT molecular complexity index is 1180. The van der Waals surface area contributed by atoms with Crippen molar-refractivity contribution in [2.75, 3.05) is 5.32 Å². The van der Waals surface area contributed by atoms with Crippen molar-refractivity contribution >= 4 is 23.3 Å². The number of aromatic nitrogens is 1. The molecular weight excluding hydrogens is 420 g/mol. The van der Waals surface area contributed by atoms with Gasteiger partial charge in [0.25, 0.3) is 17.6 Å². The van der Waals surface area contributed by atoms with Gasteiger partial charge in [-0.05, 0) is 50.3 Å². The van der Waals surface area contributed by atoms with Crippen LogP contribution in [0.25, 0.3) is 0 Å². The maximum absolute atomic E-state index is 13.5. The van der Waals surface area contributed by atoms with Gasteiger partial charge in [-0.2, -0.15) is 0 Å². The van der Waals surface area contributed by atoms with Crippen LogP contribution in [0.5, 0.6) is 0 Å². The van der Waals surface area contributed by atoms with Crippen LogP contribution in [-0.4, -0.2) is 27.7 Å². The van der Waals surface area contributed by atoms with E-state index in [2.05, 4.69) is 10.6 Å². The first-order valence-corrected chi connectivity index (χ1v) is 10.2. The smallest absolute Gasteiger partial charge is 0.293 e. The summed E-state index contributed by atoms with van der Waals surface area (Å²) in [7, 11) is 0. The third-order valence-corrected chi connectivity index (χ3v) is 6.07. The summed E-state index contributed by atoms with van der Waals surface area (Å²) < 4.78 is 28.4. The largest absolute Gasteiger partial charge is 0.403 e. The second-order valence-corrected chi connectivity index (χ2v) is 8.12. The van der Waals surface area contributed by atoms with E-state index in [-0.39, 0.29) is 16.9 Å². The van der Waals surface area contributed by atoms with E-state index < -0.39 is 34.8 Å². The summed E-state index contributed by atoms with van der Waals surface area (Å²) in [6, 6.07) is 3.03. The summed E-state index contributed by atoms with van der Waals surface area (Å²) in [6.45, 7) is 2.09. The van der Waals surface area contributed by atoms with Crippen LogP contribution in [0.15, 0.2) is 30.1 Å². The molecule has 2 aromatic rings. The predicted molar refractivity (Wildman–Crippen MR) is 113 cm³/mol. The summed E-state index contributed by atoms with van der Waals surface area (Å²) in [5, 5.41) is 5.21. The molecule has 32 heavy (non-hydrogen) atoms. The first kappa shape index (κ1) is 21.5. The lowest BCUT2D eigenvalue weighted by Crippen LogP contribution is -2.44. The molecule has 168 valence electrons. The van der Waals surface area contributed by atoms with Gasteiger partial charge >= 0.3 is 0 Å². The van der Waals surface area contributed by atoms with Gasteiger partial charge in [0.15, 0.2) is 11.6 Å². The highest BCUT2D eigenvalue weighted by atomic mass is 19.2. The Hall–Kier alpha value is -3.69. The molecule has 1 aliphatic heterocycles. The number of ketones is 1. The Morgan fingerprint density at radius 2 is 1.91 bits per heavy atom. The number of nitrogens with two attached hydrogens (primary N) is 2. The Labute approximate surface area is 182 Å². The molecule has 2 heterocycles. The number of fused-ring (bicyclic) bond motifs is 1. The first-order chi connectivity index (χ1) is 15.2. The number of rotatable bonds is 6. The quantitative estimate of drug-likeness (QED) is 0.400. The van der Waals surface area contributed by atoms with E-state index in [1.807, 2.05) is 0 Å². The van der Waals surface area contributed by atoms with E-state index in [9.17, 15) is 23.2 Å². The first-order valence-electron chi connectivity index (χ1n) is 10.2. The maximum Gasteiger partial charge on any atom is 0.293 e. The Balaban J connectivity index is 1.63. The fourth-order valence-electron chi connectivity index (χ4n) is 4.23.